The standard InChI is InChI=1S/C18H21N5O/c1-5-14-10-15(24-22-14)11-23(4)18-19-9-8-17(21-18)16-7-6-12(2)20-13(16)3/h6-10H,5,11H2,1-4H3. The highest BCUT2D eigenvalue weighted by atomic mass is 16.5. The first-order valence-electron chi connectivity index (χ1n) is 8.00. The molecule has 0 N–H and O–H groups in total. The van der Waals surface area contributed by atoms with Crippen molar-refractivity contribution in [2.45, 2.75) is 33.7 Å². The summed E-state index contributed by atoms with van der Waals surface area (Å²) in [6.45, 7) is 6.60. The first-order chi connectivity index (χ1) is 11.6. The molecule has 3 heterocycles. The Morgan fingerprint density at radius 3 is 2.67 bits per heavy atom. The molecule has 0 amide bonds. The van der Waals surface area contributed by atoms with Crippen molar-refractivity contribution in [3.8, 4) is 11.3 Å². The van der Waals surface area contributed by atoms with Crippen molar-refractivity contribution in [2.75, 3.05) is 11.9 Å². The third kappa shape index (κ3) is 3.42. The van der Waals surface area contributed by atoms with E-state index in [1.54, 1.807) is 6.20 Å². The Hall–Kier alpha value is -2.76. The smallest absolute Gasteiger partial charge is 0.226 e. The molecule has 0 unspecified atom stereocenters. The van der Waals surface area contributed by atoms with E-state index in [4.69, 9.17) is 4.52 Å². The van der Waals surface area contributed by atoms with Crippen molar-refractivity contribution < 1.29 is 4.52 Å². The quantitative estimate of drug-likeness (QED) is 0.717. The predicted octanol–water partition coefficient (Wildman–Crippen LogP) is 3.34. The third-order valence-corrected chi connectivity index (χ3v) is 3.85. The Morgan fingerprint density at radius 1 is 1.12 bits per heavy atom. The van der Waals surface area contributed by atoms with Crippen LogP contribution in [0.25, 0.3) is 11.3 Å². The molecule has 3 aromatic heterocycles. The van der Waals surface area contributed by atoms with E-state index in [-0.39, 0.29) is 0 Å². The van der Waals surface area contributed by atoms with E-state index in [0.29, 0.717) is 12.5 Å². The summed E-state index contributed by atoms with van der Waals surface area (Å²) >= 11 is 0. The third-order valence-electron chi connectivity index (χ3n) is 3.85. The van der Waals surface area contributed by atoms with Gasteiger partial charge >= 0.3 is 0 Å². The minimum atomic E-state index is 0.571. The predicted molar refractivity (Wildman–Crippen MR) is 92.7 cm³/mol. The highest BCUT2D eigenvalue weighted by Gasteiger charge is 2.12. The van der Waals surface area contributed by atoms with E-state index in [0.717, 1.165) is 40.5 Å². The van der Waals surface area contributed by atoms with Crippen LogP contribution in [0, 0.1) is 13.8 Å². The van der Waals surface area contributed by atoms with Crippen LogP contribution in [-0.2, 0) is 13.0 Å². The van der Waals surface area contributed by atoms with E-state index < -0.39 is 0 Å². The molecular formula is C18H21N5O. The van der Waals surface area contributed by atoms with Gasteiger partial charge in [-0.2, -0.15) is 0 Å². The molecule has 0 aliphatic carbocycles. The normalized spacial score (nSPS) is 10.8. The minimum absolute atomic E-state index is 0.571. The molecule has 3 rings (SSSR count). The summed E-state index contributed by atoms with van der Waals surface area (Å²) in [6, 6.07) is 7.91. The minimum Gasteiger partial charge on any atom is -0.359 e. The summed E-state index contributed by atoms with van der Waals surface area (Å²) in [5.41, 5.74) is 4.80. The van der Waals surface area contributed by atoms with Crippen LogP contribution in [0.5, 0.6) is 0 Å². The fourth-order valence-corrected chi connectivity index (χ4v) is 2.54. The summed E-state index contributed by atoms with van der Waals surface area (Å²) in [7, 11) is 1.94. The average molecular weight is 323 g/mol. The lowest BCUT2D eigenvalue weighted by Gasteiger charge is -2.16. The zero-order chi connectivity index (χ0) is 17.1. The fraction of sp³-hybridized carbons (Fsp3) is 0.333. The van der Waals surface area contributed by atoms with Crippen molar-refractivity contribution >= 4 is 5.95 Å². The molecule has 0 fully saturated rings. The lowest BCUT2D eigenvalue weighted by atomic mass is 10.1. The van der Waals surface area contributed by atoms with Gasteiger partial charge in [0.15, 0.2) is 5.76 Å². The lowest BCUT2D eigenvalue weighted by Crippen LogP contribution is -2.18. The monoisotopic (exact) mass is 323 g/mol. The van der Waals surface area contributed by atoms with Crippen LogP contribution in [0.1, 0.15) is 29.8 Å². The highest BCUT2D eigenvalue weighted by molar-refractivity contribution is 5.62. The molecular weight excluding hydrogens is 302 g/mol. The number of hydrogen-bond donors (Lipinski definition) is 0. The summed E-state index contributed by atoms with van der Waals surface area (Å²) in [5, 5.41) is 4.02. The number of aromatic nitrogens is 4. The Balaban J connectivity index is 1.84. The molecule has 0 aliphatic heterocycles. The van der Waals surface area contributed by atoms with Crippen LogP contribution < -0.4 is 4.90 Å². The summed E-state index contributed by atoms with van der Waals surface area (Å²) < 4.78 is 5.34. The second-order valence-electron chi connectivity index (χ2n) is 5.82. The number of aryl methyl sites for hydroxylation is 3. The van der Waals surface area contributed by atoms with Crippen molar-refractivity contribution in [3.63, 3.8) is 0 Å². The topological polar surface area (TPSA) is 67.9 Å². The van der Waals surface area contributed by atoms with Gasteiger partial charge in [0, 0.05) is 36.3 Å². The average Bonchev–Trinajstić information content (AvgIpc) is 3.02. The van der Waals surface area contributed by atoms with E-state index in [2.05, 4.69) is 27.0 Å². The molecule has 6 heteroatoms. The van der Waals surface area contributed by atoms with Gasteiger partial charge in [0.25, 0.3) is 0 Å². The molecule has 0 spiro atoms. The number of nitrogens with zero attached hydrogens (tertiary/aromatic N) is 5. The number of rotatable bonds is 5. The Kier molecular flexibility index (Phi) is 4.55. The molecule has 24 heavy (non-hydrogen) atoms. The van der Waals surface area contributed by atoms with Crippen LogP contribution in [0.2, 0.25) is 0 Å². The summed E-state index contributed by atoms with van der Waals surface area (Å²) in [5.74, 6) is 1.44. The molecule has 0 radical (unpaired) electrons. The molecule has 3 aromatic rings. The SMILES string of the molecule is CCc1cc(CN(C)c2nccc(-c3ccc(C)nc3C)n2)on1. The number of anilines is 1. The molecule has 0 aromatic carbocycles. The second-order valence-corrected chi connectivity index (χ2v) is 5.82. The van der Waals surface area contributed by atoms with Crippen LogP contribution in [-0.4, -0.2) is 27.2 Å². The largest absolute Gasteiger partial charge is 0.359 e. The lowest BCUT2D eigenvalue weighted by molar-refractivity contribution is 0.377. The fourth-order valence-electron chi connectivity index (χ4n) is 2.54. The molecule has 0 saturated heterocycles. The van der Waals surface area contributed by atoms with E-state index in [1.165, 1.54) is 0 Å². The van der Waals surface area contributed by atoms with E-state index in [9.17, 15) is 0 Å². The van der Waals surface area contributed by atoms with E-state index in [1.807, 2.05) is 50.1 Å². The second kappa shape index (κ2) is 6.78. The zero-order valence-corrected chi connectivity index (χ0v) is 14.4. The van der Waals surface area contributed by atoms with Gasteiger partial charge in [-0.05, 0) is 38.5 Å². The number of pyridine rings is 1. The summed E-state index contributed by atoms with van der Waals surface area (Å²) in [6.07, 6.45) is 2.63. The zero-order valence-electron chi connectivity index (χ0n) is 14.4. The van der Waals surface area contributed by atoms with Crippen LogP contribution in [0.3, 0.4) is 0 Å². The van der Waals surface area contributed by atoms with Crippen LogP contribution >= 0.6 is 0 Å². The van der Waals surface area contributed by atoms with Crippen molar-refractivity contribution in [1.29, 1.82) is 0 Å². The van der Waals surface area contributed by atoms with Gasteiger partial charge in [-0.15, -0.1) is 0 Å². The van der Waals surface area contributed by atoms with Crippen molar-refractivity contribution in [1.82, 2.24) is 20.1 Å². The molecule has 124 valence electrons. The first-order valence-corrected chi connectivity index (χ1v) is 8.00. The van der Waals surface area contributed by atoms with Crippen molar-refractivity contribution in [2.24, 2.45) is 0 Å². The molecule has 0 aliphatic rings. The maximum Gasteiger partial charge on any atom is 0.226 e. The first kappa shape index (κ1) is 16.1. The Morgan fingerprint density at radius 2 is 1.96 bits per heavy atom. The highest BCUT2D eigenvalue weighted by Crippen LogP contribution is 2.22. The molecule has 6 nitrogen and oxygen atoms in total. The van der Waals surface area contributed by atoms with E-state index >= 15 is 0 Å². The maximum absolute atomic E-state index is 5.34. The van der Waals surface area contributed by atoms with Crippen LogP contribution in [0.15, 0.2) is 35.0 Å². The Labute approximate surface area is 141 Å². The molecule has 0 bridgehead atoms. The van der Waals surface area contributed by atoms with Crippen LogP contribution in [0.4, 0.5) is 5.95 Å². The maximum atomic E-state index is 5.34. The van der Waals surface area contributed by atoms with Gasteiger partial charge in [0.05, 0.1) is 17.9 Å². The molecule has 0 saturated carbocycles. The number of hydrogen-bond acceptors (Lipinski definition) is 6. The van der Waals surface area contributed by atoms with Crippen molar-refractivity contribution in [3.05, 3.63) is 53.3 Å². The van der Waals surface area contributed by atoms with Gasteiger partial charge in [-0.1, -0.05) is 12.1 Å². The van der Waals surface area contributed by atoms with Gasteiger partial charge in [-0.25, -0.2) is 9.97 Å². The van der Waals surface area contributed by atoms with Gasteiger partial charge < -0.3 is 9.42 Å². The Bertz CT molecular complexity index is 843. The van der Waals surface area contributed by atoms with Gasteiger partial charge in [0.1, 0.15) is 0 Å². The molecule has 0 atom stereocenters. The van der Waals surface area contributed by atoms with Gasteiger partial charge in [-0.3, -0.25) is 4.98 Å². The summed E-state index contributed by atoms with van der Waals surface area (Å²) in [4.78, 5) is 15.5. The van der Waals surface area contributed by atoms with Gasteiger partial charge in [0.2, 0.25) is 5.95 Å².